The fourth-order valence-corrected chi connectivity index (χ4v) is 0.902. The van der Waals surface area contributed by atoms with Gasteiger partial charge in [0.05, 0.1) is 12.4 Å². The van der Waals surface area contributed by atoms with Gasteiger partial charge in [0, 0.05) is 19.0 Å². The second-order valence-corrected chi connectivity index (χ2v) is 2.69. The summed E-state index contributed by atoms with van der Waals surface area (Å²) in [5.74, 6) is 0.161. The summed E-state index contributed by atoms with van der Waals surface area (Å²) in [7, 11) is 0. The predicted molar refractivity (Wildman–Crippen MR) is 42.1 cm³/mol. The Morgan fingerprint density at radius 3 is 2.91 bits per heavy atom. The summed E-state index contributed by atoms with van der Waals surface area (Å²) in [6, 6.07) is 0.0833. The highest BCUT2D eigenvalue weighted by molar-refractivity contribution is 4.88. The summed E-state index contributed by atoms with van der Waals surface area (Å²) in [6.45, 7) is 4.62. The van der Waals surface area contributed by atoms with Gasteiger partial charge in [0.15, 0.2) is 0 Å². The zero-order valence-electron chi connectivity index (χ0n) is 6.42. The maximum absolute atomic E-state index is 8.86. The molecule has 1 rings (SSSR count). The summed E-state index contributed by atoms with van der Waals surface area (Å²) < 4.78 is 4.94. The topological polar surface area (TPSA) is 70.8 Å². The van der Waals surface area contributed by atoms with Gasteiger partial charge in [-0.3, -0.25) is 5.32 Å². The van der Waals surface area contributed by atoms with Gasteiger partial charge < -0.3 is 15.6 Å². The average molecular weight is 158 g/mol. The van der Waals surface area contributed by atoms with E-state index in [9.17, 15) is 0 Å². The van der Waals surface area contributed by atoms with Crippen molar-refractivity contribution >= 4 is 0 Å². The molecule has 4 heteroatoms. The normalized spacial score (nSPS) is 24.6. The largest absolute Gasteiger partial charge is 0.513 e. The Morgan fingerprint density at radius 1 is 1.91 bits per heavy atom. The Hall–Kier alpha value is -0.580. The first-order valence-corrected chi connectivity index (χ1v) is 3.67. The number of nitrogens with two attached hydrogens (primary N) is 1. The van der Waals surface area contributed by atoms with Gasteiger partial charge in [-0.2, -0.15) is 0 Å². The van der Waals surface area contributed by atoms with Crippen LogP contribution in [0.1, 0.15) is 6.42 Å². The molecule has 1 aliphatic rings. The lowest BCUT2D eigenvalue weighted by molar-refractivity contribution is 0.315. The van der Waals surface area contributed by atoms with E-state index in [2.05, 4.69) is 11.9 Å². The van der Waals surface area contributed by atoms with Crippen LogP contribution in [0, 0.1) is 0 Å². The number of rotatable bonds is 5. The molecular formula is C7H14N2O2. The number of nitrogens with one attached hydrogen (secondary N) is 1. The van der Waals surface area contributed by atoms with E-state index in [1.165, 1.54) is 0 Å². The molecule has 0 amide bonds. The Balaban J connectivity index is 2.17. The van der Waals surface area contributed by atoms with E-state index in [1.54, 1.807) is 0 Å². The minimum atomic E-state index is 0.0833. The van der Waals surface area contributed by atoms with Crippen LogP contribution in [0.5, 0.6) is 0 Å². The molecule has 4 N–H and O–H groups in total. The van der Waals surface area contributed by atoms with Crippen molar-refractivity contribution in [2.45, 2.75) is 18.7 Å². The summed E-state index contributed by atoms with van der Waals surface area (Å²) in [4.78, 5) is 0. The molecule has 1 heterocycles. The molecule has 0 aliphatic carbocycles. The standard InChI is InChI=1S/C7H14N2O2/c1-5(10)2-6(3-8)9-7-4-11-7/h6-7,9-10H,1-4,8H2. The first-order valence-electron chi connectivity index (χ1n) is 3.67. The molecule has 0 spiro atoms. The maximum atomic E-state index is 8.86. The fourth-order valence-electron chi connectivity index (χ4n) is 0.902. The molecule has 1 aliphatic heterocycles. The first kappa shape index (κ1) is 8.52. The summed E-state index contributed by atoms with van der Waals surface area (Å²) in [5.41, 5.74) is 5.43. The second kappa shape index (κ2) is 3.71. The lowest BCUT2D eigenvalue weighted by Crippen LogP contribution is -2.38. The number of aliphatic hydroxyl groups excluding tert-OH is 1. The highest BCUT2D eigenvalue weighted by atomic mass is 16.6. The van der Waals surface area contributed by atoms with Gasteiger partial charge in [-0.1, -0.05) is 6.58 Å². The third kappa shape index (κ3) is 3.36. The zero-order valence-corrected chi connectivity index (χ0v) is 6.42. The van der Waals surface area contributed by atoms with Crippen LogP contribution in [0.3, 0.4) is 0 Å². The van der Waals surface area contributed by atoms with Crippen LogP contribution in [-0.4, -0.2) is 30.5 Å². The van der Waals surface area contributed by atoms with E-state index in [-0.39, 0.29) is 18.0 Å². The molecule has 1 fully saturated rings. The Morgan fingerprint density at radius 2 is 2.55 bits per heavy atom. The first-order chi connectivity index (χ1) is 5.22. The van der Waals surface area contributed by atoms with E-state index < -0.39 is 0 Å². The fraction of sp³-hybridized carbons (Fsp3) is 0.714. The monoisotopic (exact) mass is 158 g/mol. The molecule has 64 valence electrons. The quantitative estimate of drug-likeness (QED) is 0.380. The number of aliphatic hydroxyl groups is 1. The second-order valence-electron chi connectivity index (χ2n) is 2.69. The lowest BCUT2D eigenvalue weighted by Gasteiger charge is -2.13. The minimum Gasteiger partial charge on any atom is -0.513 e. The van der Waals surface area contributed by atoms with E-state index in [4.69, 9.17) is 15.6 Å². The average Bonchev–Trinajstić information content (AvgIpc) is 2.69. The molecule has 0 saturated carbocycles. The van der Waals surface area contributed by atoms with Gasteiger partial charge in [0.2, 0.25) is 0 Å². The Kier molecular flexibility index (Phi) is 2.87. The molecule has 4 nitrogen and oxygen atoms in total. The van der Waals surface area contributed by atoms with Crippen molar-refractivity contribution in [3.8, 4) is 0 Å². The van der Waals surface area contributed by atoms with Crippen molar-refractivity contribution in [3.05, 3.63) is 12.3 Å². The molecular weight excluding hydrogens is 144 g/mol. The molecule has 1 saturated heterocycles. The van der Waals surface area contributed by atoms with Gasteiger partial charge >= 0.3 is 0 Å². The highest BCUT2D eigenvalue weighted by Gasteiger charge is 2.25. The number of hydrogen-bond acceptors (Lipinski definition) is 4. The summed E-state index contributed by atoms with van der Waals surface area (Å²) in [6.07, 6.45) is 0.638. The van der Waals surface area contributed by atoms with Crippen molar-refractivity contribution in [2.75, 3.05) is 13.2 Å². The van der Waals surface area contributed by atoms with Crippen LogP contribution in [0.2, 0.25) is 0 Å². The van der Waals surface area contributed by atoms with Crippen molar-refractivity contribution in [1.82, 2.24) is 5.32 Å². The number of epoxide rings is 1. The zero-order chi connectivity index (χ0) is 8.27. The molecule has 11 heavy (non-hydrogen) atoms. The minimum absolute atomic E-state index is 0.0833. The van der Waals surface area contributed by atoms with Crippen molar-refractivity contribution in [1.29, 1.82) is 0 Å². The van der Waals surface area contributed by atoms with Gasteiger partial charge in [0.25, 0.3) is 0 Å². The molecule has 2 atom stereocenters. The maximum Gasteiger partial charge on any atom is 0.132 e. The van der Waals surface area contributed by atoms with Gasteiger partial charge in [-0.05, 0) is 0 Å². The van der Waals surface area contributed by atoms with Gasteiger partial charge in [-0.15, -0.1) is 0 Å². The summed E-state index contributed by atoms with van der Waals surface area (Å²) in [5, 5.41) is 12.0. The van der Waals surface area contributed by atoms with E-state index in [0.717, 1.165) is 6.61 Å². The van der Waals surface area contributed by atoms with Crippen molar-refractivity contribution in [3.63, 3.8) is 0 Å². The van der Waals surface area contributed by atoms with Crippen molar-refractivity contribution in [2.24, 2.45) is 5.73 Å². The van der Waals surface area contributed by atoms with Gasteiger partial charge in [0.1, 0.15) is 6.23 Å². The predicted octanol–water partition coefficient (Wildman–Crippen LogP) is -0.279. The van der Waals surface area contributed by atoms with E-state index in [1.807, 2.05) is 0 Å². The van der Waals surface area contributed by atoms with E-state index >= 15 is 0 Å². The third-order valence-electron chi connectivity index (χ3n) is 1.52. The molecule has 0 aromatic carbocycles. The van der Waals surface area contributed by atoms with Crippen LogP contribution in [0.25, 0.3) is 0 Å². The van der Waals surface area contributed by atoms with Crippen LogP contribution in [-0.2, 0) is 4.74 Å². The third-order valence-corrected chi connectivity index (χ3v) is 1.52. The highest BCUT2D eigenvalue weighted by Crippen LogP contribution is 2.08. The number of hydrogen-bond donors (Lipinski definition) is 3. The molecule has 0 aromatic rings. The molecule has 0 radical (unpaired) electrons. The molecule has 2 unspecified atom stereocenters. The van der Waals surface area contributed by atoms with Gasteiger partial charge in [-0.25, -0.2) is 0 Å². The van der Waals surface area contributed by atoms with Crippen LogP contribution in [0.4, 0.5) is 0 Å². The van der Waals surface area contributed by atoms with Crippen molar-refractivity contribution < 1.29 is 9.84 Å². The Bertz CT molecular complexity index is 145. The van der Waals surface area contributed by atoms with Crippen LogP contribution in [0.15, 0.2) is 12.3 Å². The molecule has 0 bridgehead atoms. The molecule has 0 aromatic heterocycles. The smallest absolute Gasteiger partial charge is 0.132 e. The lowest BCUT2D eigenvalue weighted by atomic mass is 10.2. The number of ether oxygens (including phenoxy) is 1. The SMILES string of the molecule is C=C(O)CC(CN)NC1CO1. The summed E-state index contributed by atoms with van der Waals surface area (Å²) >= 11 is 0. The van der Waals surface area contributed by atoms with Crippen LogP contribution < -0.4 is 11.1 Å². The van der Waals surface area contributed by atoms with Crippen LogP contribution >= 0.6 is 0 Å². The van der Waals surface area contributed by atoms with E-state index in [0.29, 0.717) is 13.0 Å². The Labute approximate surface area is 66.0 Å².